The molecule has 0 radical (unpaired) electrons. The van der Waals surface area contributed by atoms with Gasteiger partial charge in [-0.15, -0.1) is 0 Å². The smallest absolute Gasteiger partial charge is 0.103 e. The maximum Gasteiger partial charge on any atom is 0.103 e. The van der Waals surface area contributed by atoms with Crippen LogP contribution in [0.25, 0.3) is 0 Å². The number of likely N-dealkylation sites (tertiary alicyclic amines) is 1. The van der Waals surface area contributed by atoms with Gasteiger partial charge < -0.3 is 4.74 Å². The van der Waals surface area contributed by atoms with Crippen molar-refractivity contribution >= 4 is 0 Å². The Morgan fingerprint density at radius 1 is 1.57 bits per heavy atom. The molecule has 2 atom stereocenters. The van der Waals surface area contributed by atoms with Gasteiger partial charge in [0.05, 0.1) is 6.10 Å². The van der Waals surface area contributed by atoms with Gasteiger partial charge in [-0.05, 0) is 33.6 Å². The first-order valence-electron chi connectivity index (χ1n) is 5.37. The summed E-state index contributed by atoms with van der Waals surface area (Å²) in [6, 6.07) is 0. The number of methoxy groups -OCH3 is 1. The second-order valence-electron chi connectivity index (χ2n) is 4.89. The summed E-state index contributed by atoms with van der Waals surface area (Å²) in [5.74, 6) is 0. The molecule has 0 spiro atoms. The average Bonchev–Trinajstić information content (AvgIpc) is 2.08. The van der Waals surface area contributed by atoms with Gasteiger partial charge in [0.1, 0.15) is 6.17 Å². The first kappa shape index (κ1) is 11.9. The predicted octanol–water partition coefficient (Wildman–Crippen LogP) is 2.23. The van der Waals surface area contributed by atoms with Crippen molar-refractivity contribution < 1.29 is 9.13 Å². The minimum absolute atomic E-state index is 0.0234. The third-order valence-electron chi connectivity index (χ3n) is 3.17. The molecule has 0 bridgehead atoms. The largest absolute Gasteiger partial charge is 0.380 e. The van der Waals surface area contributed by atoms with E-state index in [9.17, 15) is 4.39 Å². The fourth-order valence-corrected chi connectivity index (χ4v) is 2.10. The molecule has 0 aliphatic carbocycles. The van der Waals surface area contributed by atoms with Crippen molar-refractivity contribution in [2.75, 3.05) is 20.2 Å². The summed E-state index contributed by atoms with van der Waals surface area (Å²) in [5, 5.41) is 0. The molecule has 84 valence electrons. The molecule has 2 unspecified atom stereocenters. The van der Waals surface area contributed by atoms with Crippen molar-refractivity contribution in [3.8, 4) is 0 Å². The molecular formula is C11H22FNO. The predicted molar refractivity (Wildman–Crippen MR) is 56.3 cm³/mol. The highest BCUT2D eigenvalue weighted by molar-refractivity contribution is 4.90. The van der Waals surface area contributed by atoms with Gasteiger partial charge >= 0.3 is 0 Å². The molecule has 0 saturated carbocycles. The molecule has 0 aromatic rings. The van der Waals surface area contributed by atoms with Crippen LogP contribution in [0.4, 0.5) is 4.39 Å². The molecule has 1 heterocycles. The highest BCUT2D eigenvalue weighted by atomic mass is 19.1. The molecule has 0 N–H and O–H groups in total. The number of ether oxygens (including phenoxy) is 1. The third-order valence-corrected chi connectivity index (χ3v) is 3.17. The quantitative estimate of drug-likeness (QED) is 0.697. The van der Waals surface area contributed by atoms with E-state index in [2.05, 4.69) is 25.7 Å². The Kier molecular flexibility index (Phi) is 3.90. The molecule has 1 rings (SSSR count). The monoisotopic (exact) mass is 203 g/mol. The summed E-state index contributed by atoms with van der Waals surface area (Å²) in [4.78, 5) is 2.33. The summed E-state index contributed by atoms with van der Waals surface area (Å²) in [6.45, 7) is 8.03. The molecule has 2 nitrogen and oxygen atoms in total. The summed E-state index contributed by atoms with van der Waals surface area (Å²) in [5.41, 5.74) is -0.0234. The molecule has 0 aromatic carbocycles. The maximum absolute atomic E-state index is 13.2. The molecule has 1 aliphatic heterocycles. The summed E-state index contributed by atoms with van der Waals surface area (Å²) < 4.78 is 18.5. The minimum atomic E-state index is -0.626. The molecule has 0 aromatic heterocycles. The lowest BCUT2D eigenvalue weighted by Crippen LogP contribution is -2.52. The Balaban J connectivity index is 2.51. The lowest BCUT2D eigenvalue weighted by Gasteiger charge is -2.44. The van der Waals surface area contributed by atoms with Crippen LogP contribution in [0.15, 0.2) is 0 Å². The maximum atomic E-state index is 13.2. The van der Waals surface area contributed by atoms with Crippen LogP contribution in [0.5, 0.6) is 0 Å². The standard InChI is InChI=1S/C11H22FNO/c1-9(14-4)8-13-6-5-10(12)7-11(13,2)3/h9-10H,5-8H2,1-4H3. The van der Waals surface area contributed by atoms with Gasteiger partial charge in [0, 0.05) is 25.7 Å². The Morgan fingerprint density at radius 2 is 2.21 bits per heavy atom. The number of halogens is 1. The van der Waals surface area contributed by atoms with Crippen LogP contribution in [0.3, 0.4) is 0 Å². The highest BCUT2D eigenvalue weighted by Gasteiger charge is 2.35. The topological polar surface area (TPSA) is 12.5 Å². The van der Waals surface area contributed by atoms with E-state index in [0.29, 0.717) is 12.8 Å². The van der Waals surface area contributed by atoms with Crippen molar-refractivity contribution in [3.05, 3.63) is 0 Å². The number of nitrogens with zero attached hydrogens (tertiary/aromatic N) is 1. The molecular weight excluding hydrogens is 181 g/mol. The average molecular weight is 203 g/mol. The number of hydrogen-bond donors (Lipinski definition) is 0. The van der Waals surface area contributed by atoms with Gasteiger partial charge in [0.15, 0.2) is 0 Å². The molecule has 1 aliphatic rings. The summed E-state index contributed by atoms with van der Waals surface area (Å²) in [6.07, 6.45) is 0.910. The summed E-state index contributed by atoms with van der Waals surface area (Å²) >= 11 is 0. The van der Waals surface area contributed by atoms with Crippen molar-refractivity contribution in [2.45, 2.75) is 51.4 Å². The second-order valence-corrected chi connectivity index (χ2v) is 4.89. The number of piperidine rings is 1. The first-order valence-corrected chi connectivity index (χ1v) is 5.37. The Bertz CT molecular complexity index is 184. The van der Waals surface area contributed by atoms with E-state index in [0.717, 1.165) is 13.1 Å². The Labute approximate surface area is 86.4 Å². The first-order chi connectivity index (χ1) is 6.45. The van der Waals surface area contributed by atoms with Crippen molar-refractivity contribution in [1.82, 2.24) is 4.90 Å². The van der Waals surface area contributed by atoms with Crippen LogP contribution >= 0.6 is 0 Å². The molecule has 1 fully saturated rings. The van der Waals surface area contributed by atoms with E-state index in [1.54, 1.807) is 7.11 Å². The Hall–Kier alpha value is -0.150. The van der Waals surface area contributed by atoms with Crippen LogP contribution in [0.1, 0.15) is 33.6 Å². The van der Waals surface area contributed by atoms with E-state index in [4.69, 9.17) is 4.74 Å². The Morgan fingerprint density at radius 3 is 2.71 bits per heavy atom. The number of alkyl halides is 1. The minimum Gasteiger partial charge on any atom is -0.380 e. The van der Waals surface area contributed by atoms with Gasteiger partial charge in [-0.25, -0.2) is 4.39 Å². The van der Waals surface area contributed by atoms with Crippen LogP contribution in [-0.4, -0.2) is 42.9 Å². The van der Waals surface area contributed by atoms with Gasteiger partial charge in [-0.2, -0.15) is 0 Å². The van der Waals surface area contributed by atoms with E-state index in [1.807, 2.05) is 0 Å². The zero-order valence-corrected chi connectivity index (χ0v) is 9.72. The molecule has 14 heavy (non-hydrogen) atoms. The summed E-state index contributed by atoms with van der Waals surface area (Å²) in [7, 11) is 1.72. The normalized spacial score (nSPS) is 30.2. The zero-order valence-electron chi connectivity index (χ0n) is 9.72. The van der Waals surface area contributed by atoms with Crippen LogP contribution in [-0.2, 0) is 4.74 Å². The van der Waals surface area contributed by atoms with E-state index in [1.165, 1.54) is 0 Å². The fourth-order valence-electron chi connectivity index (χ4n) is 2.10. The number of rotatable bonds is 3. The van der Waals surface area contributed by atoms with Crippen molar-refractivity contribution in [1.29, 1.82) is 0 Å². The van der Waals surface area contributed by atoms with Crippen LogP contribution in [0.2, 0.25) is 0 Å². The SMILES string of the molecule is COC(C)CN1CCC(F)CC1(C)C. The van der Waals surface area contributed by atoms with Gasteiger partial charge in [0.2, 0.25) is 0 Å². The third kappa shape index (κ3) is 2.92. The lowest BCUT2D eigenvalue weighted by molar-refractivity contribution is -0.00870. The van der Waals surface area contributed by atoms with Gasteiger partial charge in [-0.1, -0.05) is 0 Å². The van der Waals surface area contributed by atoms with Crippen molar-refractivity contribution in [3.63, 3.8) is 0 Å². The van der Waals surface area contributed by atoms with Crippen molar-refractivity contribution in [2.24, 2.45) is 0 Å². The van der Waals surface area contributed by atoms with E-state index in [-0.39, 0.29) is 11.6 Å². The second kappa shape index (κ2) is 4.58. The molecule has 0 amide bonds. The van der Waals surface area contributed by atoms with Crippen LogP contribution in [0, 0.1) is 0 Å². The fraction of sp³-hybridized carbons (Fsp3) is 1.00. The highest BCUT2D eigenvalue weighted by Crippen LogP contribution is 2.29. The number of hydrogen-bond acceptors (Lipinski definition) is 2. The van der Waals surface area contributed by atoms with E-state index >= 15 is 0 Å². The van der Waals surface area contributed by atoms with E-state index < -0.39 is 6.17 Å². The van der Waals surface area contributed by atoms with Crippen LogP contribution < -0.4 is 0 Å². The molecule has 3 heteroatoms. The lowest BCUT2D eigenvalue weighted by atomic mass is 9.89. The van der Waals surface area contributed by atoms with Gasteiger partial charge in [0.25, 0.3) is 0 Å². The zero-order chi connectivity index (χ0) is 10.8. The molecule has 1 saturated heterocycles. The van der Waals surface area contributed by atoms with Gasteiger partial charge in [-0.3, -0.25) is 4.90 Å².